The highest BCUT2D eigenvalue weighted by atomic mass is 32.1. The van der Waals surface area contributed by atoms with Gasteiger partial charge in [0.25, 0.3) is 0 Å². The molecule has 1 saturated heterocycles. The second-order valence-electron chi connectivity index (χ2n) is 9.21. The first-order valence-electron chi connectivity index (χ1n) is 12.7. The SMILES string of the molecule is NC(=O)c1ccc(OCCCN2CCN(C(c3ccccc3)c3ccccc3)CC2)cc1-c1nccs1. The lowest BCUT2D eigenvalue weighted by Crippen LogP contribution is -2.48. The molecule has 1 aromatic heterocycles. The Hall–Kier alpha value is -3.52. The van der Waals surface area contributed by atoms with E-state index in [2.05, 4.69) is 75.4 Å². The van der Waals surface area contributed by atoms with Crippen molar-refractivity contribution < 1.29 is 9.53 Å². The highest BCUT2D eigenvalue weighted by Gasteiger charge is 2.26. The largest absolute Gasteiger partial charge is 0.494 e. The summed E-state index contributed by atoms with van der Waals surface area (Å²) in [4.78, 5) is 21.3. The van der Waals surface area contributed by atoms with Gasteiger partial charge in [-0.25, -0.2) is 4.98 Å². The Morgan fingerprint density at radius 2 is 1.62 bits per heavy atom. The average molecular weight is 513 g/mol. The second-order valence-corrected chi connectivity index (χ2v) is 10.1. The normalized spacial score (nSPS) is 14.6. The summed E-state index contributed by atoms with van der Waals surface area (Å²) in [6, 6.07) is 27.3. The highest BCUT2D eigenvalue weighted by Crippen LogP contribution is 2.31. The number of hydrogen-bond donors (Lipinski definition) is 1. The Kier molecular flexibility index (Phi) is 8.25. The molecule has 0 saturated carbocycles. The van der Waals surface area contributed by atoms with E-state index in [-0.39, 0.29) is 6.04 Å². The van der Waals surface area contributed by atoms with Gasteiger partial charge in [-0.15, -0.1) is 11.3 Å². The zero-order chi connectivity index (χ0) is 25.5. The summed E-state index contributed by atoms with van der Waals surface area (Å²) in [5, 5.41) is 2.65. The number of aromatic nitrogens is 1. The van der Waals surface area contributed by atoms with Crippen LogP contribution < -0.4 is 10.5 Å². The lowest BCUT2D eigenvalue weighted by atomic mass is 9.96. The van der Waals surface area contributed by atoms with Gasteiger partial charge in [0.05, 0.1) is 12.6 Å². The van der Waals surface area contributed by atoms with E-state index < -0.39 is 5.91 Å². The third-order valence-electron chi connectivity index (χ3n) is 6.81. The first-order chi connectivity index (χ1) is 18.2. The first-order valence-corrected chi connectivity index (χ1v) is 13.6. The number of amides is 1. The number of thiazole rings is 1. The molecule has 0 radical (unpaired) electrons. The second kappa shape index (κ2) is 12.1. The standard InChI is InChI=1S/C30H32N4O2S/c31-29(35)26-13-12-25(22-27(26)30-32-14-21-37-30)36-20-7-15-33-16-18-34(19-17-33)28(23-8-3-1-4-9-23)24-10-5-2-6-11-24/h1-6,8-14,21-22,28H,7,15-20H2,(H2,31,35). The molecule has 5 rings (SSSR count). The van der Waals surface area contributed by atoms with Crippen LogP contribution in [0.2, 0.25) is 0 Å². The molecule has 37 heavy (non-hydrogen) atoms. The van der Waals surface area contributed by atoms with Crippen molar-refractivity contribution in [2.75, 3.05) is 39.3 Å². The van der Waals surface area contributed by atoms with Gasteiger partial charge < -0.3 is 15.4 Å². The summed E-state index contributed by atoms with van der Waals surface area (Å²) in [5.74, 6) is 0.270. The fourth-order valence-corrected chi connectivity index (χ4v) is 5.64. The maximum atomic E-state index is 11.8. The van der Waals surface area contributed by atoms with Gasteiger partial charge in [-0.2, -0.15) is 0 Å². The number of piperazine rings is 1. The van der Waals surface area contributed by atoms with Gasteiger partial charge in [0.2, 0.25) is 5.91 Å². The van der Waals surface area contributed by atoms with Gasteiger partial charge in [0, 0.05) is 55.4 Å². The van der Waals surface area contributed by atoms with Crippen LogP contribution in [0.15, 0.2) is 90.4 Å². The molecule has 0 spiro atoms. The number of rotatable bonds is 10. The third-order valence-corrected chi connectivity index (χ3v) is 7.62. The molecule has 4 aromatic rings. The maximum absolute atomic E-state index is 11.8. The first kappa shape index (κ1) is 25.1. The fraction of sp³-hybridized carbons (Fsp3) is 0.267. The molecule has 0 atom stereocenters. The number of nitrogens with zero attached hydrogens (tertiary/aromatic N) is 3. The summed E-state index contributed by atoms with van der Waals surface area (Å²) in [6.45, 7) is 5.75. The minimum atomic E-state index is -0.460. The number of benzene rings is 3. The van der Waals surface area contributed by atoms with Crippen LogP contribution in [0.25, 0.3) is 10.6 Å². The minimum absolute atomic E-state index is 0.281. The predicted molar refractivity (Wildman–Crippen MR) is 149 cm³/mol. The minimum Gasteiger partial charge on any atom is -0.494 e. The number of carbonyl (C=O) groups is 1. The van der Waals surface area contributed by atoms with Crippen molar-refractivity contribution >= 4 is 17.2 Å². The molecule has 190 valence electrons. The Bertz CT molecular complexity index is 1230. The van der Waals surface area contributed by atoms with E-state index in [0.717, 1.165) is 55.5 Å². The topological polar surface area (TPSA) is 71.7 Å². The molecular formula is C30H32N4O2S. The van der Waals surface area contributed by atoms with E-state index in [1.54, 1.807) is 12.3 Å². The van der Waals surface area contributed by atoms with E-state index in [1.807, 2.05) is 17.5 Å². The van der Waals surface area contributed by atoms with Crippen LogP contribution in [0.3, 0.4) is 0 Å². The molecule has 7 heteroatoms. The molecule has 2 N–H and O–H groups in total. The van der Waals surface area contributed by atoms with Crippen LogP contribution in [0.1, 0.15) is 33.9 Å². The number of nitrogens with two attached hydrogens (primary N) is 1. The third kappa shape index (κ3) is 6.25. The number of carbonyl (C=O) groups excluding carboxylic acids is 1. The summed E-state index contributed by atoms with van der Waals surface area (Å²) >= 11 is 1.48. The summed E-state index contributed by atoms with van der Waals surface area (Å²) in [5.41, 5.74) is 9.43. The molecule has 2 heterocycles. The fourth-order valence-electron chi connectivity index (χ4n) is 4.97. The van der Waals surface area contributed by atoms with Gasteiger partial charge in [0.1, 0.15) is 10.8 Å². The van der Waals surface area contributed by atoms with E-state index in [9.17, 15) is 4.79 Å². The van der Waals surface area contributed by atoms with E-state index in [0.29, 0.717) is 12.2 Å². The molecule has 1 aliphatic rings. The van der Waals surface area contributed by atoms with Crippen molar-refractivity contribution in [1.29, 1.82) is 0 Å². The quantitative estimate of drug-likeness (QED) is 0.300. The van der Waals surface area contributed by atoms with Crippen LogP contribution in [-0.4, -0.2) is 60.0 Å². The number of primary amides is 1. The highest BCUT2D eigenvalue weighted by molar-refractivity contribution is 7.13. The van der Waals surface area contributed by atoms with Gasteiger partial charge in [-0.1, -0.05) is 60.7 Å². The van der Waals surface area contributed by atoms with Crippen LogP contribution in [-0.2, 0) is 0 Å². The molecule has 1 fully saturated rings. The molecule has 1 amide bonds. The summed E-state index contributed by atoms with van der Waals surface area (Å²) in [7, 11) is 0. The molecule has 6 nitrogen and oxygen atoms in total. The summed E-state index contributed by atoms with van der Waals surface area (Å²) in [6.07, 6.45) is 2.66. The molecule has 0 bridgehead atoms. The zero-order valence-electron chi connectivity index (χ0n) is 20.8. The maximum Gasteiger partial charge on any atom is 0.249 e. The van der Waals surface area contributed by atoms with Crippen LogP contribution in [0.5, 0.6) is 5.75 Å². The van der Waals surface area contributed by atoms with E-state index in [4.69, 9.17) is 10.5 Å². The molecular weight excluding hydrogens is 480 g/mol. The van der Waals surface area contributed by atoms with E-state index >= 15 is 0 Å². The van der Waals surface area contributed by atoms with Crippen molar-refractivity contribution in [3.63, 3.8) is 0 Å². The van der Waals surface area contributed by atoms with Gasteiger partial charge >= 0.3 is 0 Å². The summed E-state index contributed by atoms with van der Waals surface area (Å²) < 4.78 is 6.03. The van der Waals surface area contributed by atoms with Gasteiger partial charge in [-0.3, -0.25) is 9.69 Å². The number of ether oxygens (including phenoxy) is 1. The monoisotopic (exact) mass is 512 g/mol. The van der Waals surface area contributed by atoms with Crippen molar-refractivity contribution in [2.45, 2.75) is 12.5 Å². The number of hydrogen-bond acceptors (Lipinski definition) is 6. The van der Waals surface area contributed by atoms with Crippen LogP contribution in [0.4, 0.5) is 0 Å². The Morgan fingerprint density at radius 3 is 2.22 bits per heavy atom. The van der Waals surface area contributed by atoms with Gasteiger partial charge in [0.15, 0.2) is 0 Å². The van der Waals surface area contributed by atoms with Crippen LogP contribution >= 0.6 is 11.3 Å². The van der Waals surface area contributed by atoms with Crippen LogP contribution in [0, 0.1) is 0 Å². The molecule has 1 aliphatic heterocycles. The molecule has 0 unspecified atom stereocenters. The van der Waals surface area contributed by atoms with E-state index in [1.165, 1.54) is 22.5 Å². The molecule has 0 aliphatic carbocycles. The zero-order valence-corrected chi connectivity index (χ0v) is 21.6. The predicted octanol–water partition coefficient (Wildman–Crippen LogP) is 5.09. The lowest BCUT2D eigenvalue weighted by Gasteiger charge is -2.39. The Labute approximate surface area is 222 Å². The van der Waals surface area contributed by atoms with Crippen molar-refractivity contribution in [1.82, 2.24) is 14.8 Å². The van der Waals surface area contributed by atoms with Crippen molar-refractivity contribution in [3.05, 3.63) is 107 Å². The van der Waals surface area contributed by atoms with Crippen molar-refractivity contribution in [3.8, 4) is 16.3 Å². The lowest BCUT2D eigenvalue weighted by molar-refractivity contribution is 0.100. The Balaban J connectivity index is 1.14. The average Bonchev–Trinajstić information content (AvgIpc) is 3.48. The van der Waals surface area contributed by atoms with Crippen molar-refractivity contribution in [2.24, 2.45) is 5.73 Å². The Morgan fingerprint density at radius 1 is 0.946 bits per heavy atom. The molecule has 3 aromatic carbocycles. The smallest absolute Gasteiger partial charge is 0.249 e. The van der Waals surface area contributed by atoms with Gasteiger partial charge in [-0.05, 0) is 35.7 Å².